The van der Waals surface area contributed by atoms with Crippen LogP contribution in [0.4, 0.5) is 0 Å². The monoisotopic (exact) mass is 309 g/mol. The van der Waals surface area contributed by atoms with Crippen LogP contribution >= 0.6 is 11.6 Å². The second-order valence-electron chi connectivity index (χ2n) is 6.38. The molecule has 0 aliphatic heterocycles. The van der Waals surface area contributed by atoms with Gasteiger partial charge in [-0.15, -0.1) is 0 Å². The topological polar surface area (TPSA) is 21.3 Å². The summed E-state index contributed by atoms with van der Waals surface area (Å²) >= 11 is 6.13. The summed E-state index contributed by atoms with van der Waals surface area (Å²) in [5.74, 6) is 1.58. The lowest BCUT2D eigenvalue weighted by molar-refractivity contribution is -0.0478. The minimum atomic E-state index is 0.0919. The average Bonchev–Trinajstić information content (AvgIpc) is 2.47. The van der Waals surface area contributed by atoms with Gasteiger partial charge in [-0.05, 0) is 55.3 Å². The van der Waals surface area contributed by atoms with E-state index in [1.54, 1.807) is 0 Å². The number of halogens is 1. The number of nitrogens with one attached hydrogen (secondary N) is 1. The van der Waals surface area contributed by atoms with Gasteiger partial charge in [0.1, 0.15) is 0 Å². The van der Waals surface area contributed by atoms with Crippen molar-refractivity contribution < 1.29 is 4.74 Å². The van der Waals surface area contributed by atoms with Crippen LogP contribution in [-0.2, 0) is 4.74 Å². The molecule has 1 aliphatic rings. The molecule has 4 unspecified atom stereocenters. The highest BCUT2D eigenvalue weighted by atomic mass is 35.5. The van der Waals surface area contributed by atoms with Gasteiger partial charge in [0.15, 0.2) is 0 Å². The van der Waals surface area contributed by atoms with E-state index >= 15 is 0 Å². The minimum absolute atomic E-state index is 0.0919. The van der Waals surface area contributed by atoms with Crippen molar-refractivity contribution in [3.8, 4) is 0 Å². The Morgan fingerprint density at radius 3 is 2.76 bits per heavy atom. The van der Waals surface area contributed by atoms with E-state index in [1.807, 2.05) is 18.2 Å². The van der Waals surface area contributed by atoms with Crippen LogP contribution in [0.1, 0.15) is 51.7 Å². The van der Waals surface area contributed by atoms with Crippen LogP contribution in [-0.4, -0.2) is 19.2 Å². The summed E-state index contributed by atoms with van der Waals surface area (Å²) in [6.07, 6.45) is 4.09. The van der Waals surface area contributed by atoms with E-state index < -0.39 is 0 Å². The van der Waals surface area contributed by atoms with Crippen molar-refractivity contribution in [1.29, 1.82) is 0 Å². The molecule has 3 heteroatoms. The zero-order chi connectivity index (χ0) is 15.2. The minimum Gasteiger partial charge on any atom is -0.369 e. The van der Waals surface area contributed by atoms with E-state index in [1.165, 1.54) is 24.8 Å². The highest BCUT2D eigenvalue weighted by Gasteiger charge is 2.27. The second-order valence-corrected chi connectivity index (χ2v) is 6.81. The van der Waals surface area contributed by atoms with Crippen LogP contribution in [0.2, 0.25) is 5.02 Å². The van der Waals surface area contributed by atoms with Crippen molar-refractivity contribution in [2.45, 2.75) is 52.2 Å². The van der Waals surface area contributed by atoms with E-state index in [4.69, 9.17) is 16.3 Å². The molecule has 0 radical (unpaired) electrons. The molecule has 0 aromatic heterocycles. The van der Waals surface area contributed by atoms with Crippen molar-refractivity contribution in [3.05, 3.63) is 34.9 Å². The van der Waals surface area contributed by atoms with Crippen LogP contribution in [0.25, 0.3) is 0 Å². The van der Waals surface area contributed by atoms with Crippen molar-refractivity contribution in [1.82, 2.24) is 5.32 Å². The largest absolute Gasteiger partial charge is 0.369 e. The lowest BCUT2D eigenvalue weighted by Crippen LogP contribution is -2.31. The van der Waals surface area contributed by atoms with Gasteiger partial charge in [0, 0.05) is 11.6 Å². The summed E-state index contributed by atoms with van der Waals surface area (Å²) < 4.78 is 6.43. The van der Waals surface area contributed by atoms with Gasteiger partial charge in [-0.1, -0.05) is 44.5 Å². The second kappa shape index (κ2) is 8.17. The zero-order valence-electron chi connectivity index (χ0n) is 13.4. The Morgan fingerprint density at radius 2 is 2.10 bits per heavy atom. The molecule has 0 spiro atoms. The van der Waals surface area contributed by atoms with Crippen molar-refractivity contribution in [2.24, 2.45) is 11.8 Å². The molecule has 118 valence electrons. The molecule has 2 nitrogen and oxygen atoms in total. The molecule has 0 amide bonds. The molecule has 1 aromatic carbocycles. The summed E-state index contributed by atoms with van der Waals surface area (Å²) in [6, 6.07) is 8.06. The number of hydrogen-bond acceptors (Lipinski definition) is 2. The van der Waals surface area contributed by atoms with Crippen molar-refractivity contribution >= 4 is 11.6 Å². The van der Waals surface area contributed by atoms with Gasteiger partial charge in [-0.25, -0.2) is 0 Å². The molecule has 0 saturated heterocycles. The third kappa shape index (κ3) is 4.98. The SMILES string of the molecule is CCNCC(OC1CCC(C)C(C)C1)c1cccc(Cl)c1. The fraction of sp³-hybridized carbons (Fsp3) is 0.667. The Morgan fingerprint density at radius 1 is 1.29 bits per heavy atom. The standard InChI is InChI=1S/C18H28ClNO/c1-4-20-12-18(15-6-5-7-16(19)11-15)21-17-9-8-13(2)14(3)10-17/h5-7,11,13-14,17-18,20H,4,8-10,12H2,1-3H3. The Balaban J connectivity index is 2.02. The van der Waals surface area contributed by atoms with Crippen molar-refractivity contribution in [2.75, 3.05) is 13.1 Å². The van der Waals surface area contributed by atoms with Crippen LogP contribution in [0.5, 0.6) is 0 Å². The molecule has 0 heterocycles. The molecule has 1 N–H and O–H groups in total. The van der Waals surface area contributed by atoms with Gasteiger partial charge in [-0.2, -0.15) is 0 Å². The highest BCUT2D eigenvalue weighted by Crippen LogP contribution is 2.33. The summed E-state index contributed by atoms with van der Waals surface area (Å²) in [5.41, 5.74) is 1.18. The molecule has 21 heavy (non-hydrogen) atoms. The van der Waals surface area contributed by atoms with Crippen LogP contribution in [0.15, 0.2) is 24.3 Å². The van der Waals surface area contributed by atoms with E-state index in [0.717, 1.165) is 29.9 Å². The number of rotatable bonds is 6. The van der Waals surface area contributed by atoms with E-state index in [2.05, 4.69) is 32.2 Å². The Labute approximate surface area is 134 Å². The van der Waals surface area contributed by atoms with Gasteiger partial charge in [-0.3, -0.25) is 0 Å². The number of benzene rings is 1. The number of hydrogen-bond donors (Lipinski definition) is 1. The van der Waals surface area contributed by atoms with Gasteiger partial charge in [0.25, 0.3) is 0 Å². The molecule has 1 saturated carbocycles. The van der Waals surface area contributed by atoms with Gasteiger partial charge in [0.2, 0.25) is 0 Å². The quantitative estimate of drug-likeness (QED) is 0.812. The zero-order valence-corrected chi connectivity index (χ0v) is 14.2. The fourth-order valence-electron chi connectivity index (χ4n) is 3.08. The maximum Gasteiger partial charge on any atom is 0.0953 e. The number of ether oxygens (including phenoxy) is 1. The molecular weight excluding hydrogens is 282 g/mol. The summed E-state index contributed by atoms with van der Waals surface area (Å²) in [7, 11) is 0. The summed E-state index contributed by atoms with van der Waals surface area (Å²) in [6.45, 7) is 8.63. The Bertz CT molecular complexity index is 437. The predicted octanol–water partition coefficient (Wildman–Crippen LogP) is 4.83. The third-order valence-corrected chi connectivity index (χ3v) is 4.94. The van der Waals surface area contributed by atoms with Gasteiger partial charge >= 0.3 is 0 Å². The molecule has 2 rings (SSSR count). The maximum absolute atomic E-state index is 6.43. The lowest BCUT2D eigenvalue weighted by Gasteiger charge is -2.34. The van der Waals surface area contributed by atoms with E-state index in [-0.39, 0.29) is 6.10 Å². The first-order chi connectivity index (χ1) is 10.1. The maximum atomic E-state index is 6.43. The van der Waals surface area contributed by atoms with E-state index in [0.29, 0.717) is 6.10 Å². The predicted molar refractivity (Wildman–Crippen MR) is 89.8 cm³/mol. The van der Waals surface area contributed by atoms with Crippen LogP contribution in [0, 0.1) is 11.8 Å². The van der Waals surface area contributed by atoms with Crippen molar-refractivity contribution in [3.63, 3.8) is 0 Å². The fourth-order valence-corrected chi connectivity index (χ4v) is 3.28. The van der Waals surface area contributed by atoms with Crippen LogP contribution in [0.3, 0.4) is 0 Å². The first kappa shape index (κ1) is 16.8. The molecule has 1 aliphatic carbocycles. The molecule has 1 fully saturated rings. The Hall–Kier alpha value is -0.570. The molecule has 0 bridgehead atoms. The third-order valence-electron chi connectivity index (χ3n) is 4.71. The van der Waals surface area contributed by atoms with E-state index in [9.17, 15) is 0 Å². The lowest BCUT2D eigenvalue weighted by atomic mass is 9.80. The molecule has 1 aromatic rings. The Kier molecular flexibility index (Phi) is 6.53. The van der Waals surface area contributed by atoms with Gasteiger partial charge < -0.3 is 10.1 Å². The average molecular weight is 310 g/mol. The highest BCUT2D eigenvalue weighted by molar-refractivity contribution is 6.30. The smallest absolute Gasteiger partial charge is 0.0953 e. The molecular formula is C18H28ClNO. The first-order valence-corrected chi connectivity index (χ1v) is 8.59. The van der Waals surface area contributed by atoms with Crippen LogP contribution < -0.4 is 5.32 Å². The van der Waals surface area contributed by atoms with Gasteiger partial charge in [0.05, 0.1) is 12.2 Å². The molecule has 4 atom stereocenters. The normalized spacial score (nSPS) is 27.5. The first-order valence-electron chi connectivity index (χ1n) is 8.21. The summed E-state index contributed by atoms with van der Waals surface area (Å²) in [4.78, 5) is 0. The number of likely N-dealkylation sites (N-methyl/N-ethyl adjacent to an activating group) is 1. The summed E-state index contributed by atoms with van der Waals surface area (Å²) in [5, 5.41) is 4.19.